The fourth-order valence-electron chi connectivity index (χ4n) is 2.65. The molecular formula is C18H15N7O3S. The van der Waals surface area contributed by atoms with Gasteiger partial charge >= 0.3 is 5.69 Å². The number of nitrogens with zero attached hydrogens (tertiary/aromatic N) is 5. The monoisotopic (exact) mass is 409 g/mol. The highest BCUT2D eigenvalue weighted by atomic mass is 32.1. The summed E-state index contributed by atoms with van der Waals surface area (Å²) in [7, 11) is 1.59. The second-order valence-corrected chi connectivity index (χ2v) is 6.98. The van der Waals surface area contributed by atoms with Gasteiger partial charge in [-0.3, -0.25) is 10.1 Å². The van der Waals surface area contributed by atoms with E-state index in [1.54, 1.807) is 25.4 Å². The fraction of sp³-hybridized carbons (Fsp3) is 0.111. The molecule has 0 unspecified atom stereocenters. The number of nitrogens with one attached hydrogen (secondary N) is 2. The van der Waals surface area contributed by atoms with E-state index in [0.29, 0.717) is 16.7 Å². The number of aryl methyl sites for hydroxylation is 1. The SMILES string of the molecule is COc1ccc2nc(Nc3ncnc(Nc4ncccc4C)c3[N+](=O)[O-])sc2c1. The summed E-state index contributed by atoms with van der Waals surface area (Å²) in [4.78, 5) is 27.9. The summed E-state index contributed by atoms with van der Waals surface area (Å²) in [6.07, 6.45) is 2.84. The molecule has 0 aliphatic heterocycles. The number of thiazole rings is 1. The van der Waals surface area contributed by atoms with Gasteiger partial charge in [-0.25, -0.2) is 19.9 Å². The van der Waals surface area contributed by atoms with Gasteiger partial charge < -0.3 is 15.4 Å². The first kappa shape index (κ1) is 18.5. The van der Waals surface area contributed by atoms with Gasteiger partial charge in [-0.15, -0.1) is 0 Å². The number of nitro groups is 1. The molecule has 11 heteroatoms. The molecule has 10 nitrogen and oxygen atoms in total. The largest absolute Gasteiger partial charge is 0.497 e. The lowest BCUT2D eigenvalue weighted by Crippen LogP contribution is -2.06. The minimum absolute atomic E-state index is 0.0344. The van der Waals surface area contributed by atoms with E-state index in [1.165, 1.54) is 17.7 Å². The number of methoxy groups -OCH3 is 1. The quantitative estimate of drug-likeness (QED) is 0.356. The van der Waals surface area contributed by atoms with Crippen LogP contribution in [-0.4, -0.2) is 32.0 Å². The Balaban J connectivity index is 1.70. The molecule has 2 N–H and O–H groups in total. The molecule has 29 heavy (non-hydrogen) atoms. The number of rotatable bonds is 6. The van der Waals surface area contributed by atoms with Crippen molar-refractivity contribution in [2.75, 3.05) is 17.7 Å². The summed E-state index contributed by atoms with van der Waals surface area (Å²) in [5.41, 5.74) is 1.28. The third-order valence-electron chi connectivity index (χ3n) is 4.07. The van der Waals surface area contributed by atoms with Gasteiger partial charge in [0.25, 0.3) is 0 Å². The van der Waals surface area contributed by atoms with Gasteiger partial charge in [-0.1, -0.05) is 17.4 Å². The zero-order chi connectivity index (χ0) is 20.4. The van der Waals surface area contributed by atoms with Crippen LogP contribution in [0, 0.1) is 17.0 Å². The molecule has 146 valence electrons. The Kier molecular flexibility index (Phi) is 4.87. The summed E-state index contributed by atoms with van der Waals surface area (Å²) < 4.78 is 6.10. The van der Waals surface area contributed by atoms with Gasteiger partial charge in [-0.05, 0) is 36.8 Å². The molecule has 0 aliphatic rings. The minimum Gasteiger partial charge on any atom is -0.497 e. The van der Waals surface area contributed by atoms with E-state index in [4.69, 9.17) is 4.74 Å². The van der Waals surface area contributed by atoms with Crippen molar-refractivity contribution in [1.82, 2.24) is 19.9 Å². The van der Waals surface area contributed by atoms with Crippen LogP contribution in [0.25, 0.3) is 10.2 Å². The van der Waals surface area contributed by atoms with Crippen LogP contribution in [0.3, 0.4) is 0 Å². The molecule has 3 aromatic heterocycles. The first-order chi connectivity index (χ1) is 14.0. The Labute approximate surface area is 168 Å². The first-order valence-corrected chi connectivity index (χ1v) is 9.26. The zero-order valence-corrected chi connectivity index (χ0v) is 16.2. The van der Waals surface area contributed by atoms with Crippen molar-refractivity contribution >= 4 is 49.8 Å². The molecule has 0 amide bonds. The van der Waals surface area contributed by atoms with Gasteiger partial charge in [-0.2, -0.15) is 0 Å². The maximum Gasteiger partial charge on any atom is 0.354 e. The summed E-state index contributed by atoms with van der Waals surface area (Å²) >= 11 is 1.34. The number of hydrogen-bond donors (Lipinski definition) is 2. The Morgan fingerprint density at radius 2 is 1.90 bits per heavy atom. The number of anilines is 4. The van der Waals surface area contributed by atoms with E-state index in [0.717, 1.165) is 15.8 Å². The molecule has 0 bridgehead atoms. The maximum absolute atomic E-state index is 11.8. The van der Waals surface area contributed by atoms with E-state index in [1.807, 2.05) is 25.1 Å². The van der Waals surface area contributed by atoms with E-state index in [-0.39, 0.29) is 17.3 Å². The van der Waals surface area contributed by atoms with Crippen molar-refractivity contribution in [2.24, 2.45) is 0 Å². The molecule has 3 heterocycles. The molecule has 0 spiro atoms. The predicted octanol–water partition coefficient (Wildman–Crippen LogP) is 4.19. The van der Waals surface area contributed by atoms with Crippen molar-refractivity contribution in [3.63, 3.8) is 0 Å². The topological polar surface area (TPSA) is 128 Å². The van der Waals surface area contributed by atoms with Crippen molar-refractivity contribution in [3.8, 4) is 5.75 Å². The highest BCUT2D eigenvalue weighted by molar-refractivity contribution is 7.22. The molecular weight excluding hydrogens is 394 g/mol. The number of fused-ring (bicyclic) bond motifs is 1. The fourth-order valence-corrected chi connectivity index (χ4v) is 3.54. The lowest BCUT2D eigenvalue weighted by atomic mass is 10.3. The second kappa shape index (κ2) is 7.64. The number of pyridine rings is 1. The maximum atomic E-state index is 11.8. The number of ether oxygens (including phenoxy) is 1. The van der Waals surface area contributed by atoms with Crippen LogP contribution in [0.5, 0.6) is 5.75 Å². The Hall–Kier alpha value is -3.86. The van der Waals surface area contributed by atoms with E-state index in [2.05, 4.69) is 30.6 Å². The molecule has 0 fully saturated rings. The second-order valence-electron chi connectivity index (χ2n) is 5.95. The van der Waals surface area contributed by atoms with Crippen molar-refractivity contribution in [3.05, 3.63) is 58.5 Å². The van der Waals surface area contributed by atoms with E-state index in [9.17, 15) is 10.1 Å². The van der Waals surface area contributed by atoms with Crippen molar-refractivity contribution in [2.45, 2.75) is 6.92 Å². The van der Waals surface area contributed by atoms with Crippen LogP contribution in [0.4, 0.5) is 28.3 Å². The van der Waals surface area contributed by atoms with Crippen molar-refractivity contribution in [1.29, 1.82) is 0 Å². The van der Waals surface area contributed by atoms with Crippen LogP contribution in [-0.2, 0) is 0 Å². The third kappa shape index (κ3) is 3.75. The van der Waals surface area contributed by atoms with Crippen LogP contribution in [0.1, 0.15) is 5.56 Å². The zero-order valence-electron chi connectivity index (χ0n) is 15.4. The summed E-state index contributed by atoms with van der Waals surface area (Å²) in [6.45, 7) is 1.84. The van der Waals surface area contributed by atoms with Crippen molar-refractivity contribution < 1.29 is 9.66 Å². The average molecular weight is 409 g/mol. The molecule has 1 aromatic carbocycles. The highest BCUT2D eigenvalue weighted by Gasteiger charge is 2.24. The smallest absolute Gasteiger partial charge is 0.354 e. The van der Waals surface area contributed by atoms with Crippen LogP contribution < -0.4 is 15.4 Å². The molecule has 4 aromatic rings. The molecule has 0 atom stereocenters. The van der Waals surface area contributed by atoms with E-state index < -0.39 is 4.92 Å². The predicted molar refractivity (Wildman–Crippen MR) is 110 cm³/mol. The number of benzene rings is 1. The Morgan fingerprint density at radius 3 is 2.62 bits per heavy atom. The summed E-state index contributed by atoms with van der Waals surface area (Å²) in [6, 6.07) is 9.10. The van der Waals surface area contributed by atoms with Crippen LogP contribution >= 0.6 is 11.3 Å². The van der Waals surface area contributed by atoms with Crippen LogP contribution in [0.2, 0.25) is 0 Å². The van der Waals surface area contributed by atoms with Gasteiger partial charge in [0.1, 0.15) is 17.9 Å². The van der Waals surface area contributed by atoms with Gasteiger partial charge in [0.2, 0.25) is 11.6 Å². The Bertz CT molecular complexity index is 1210. The highest BCUT2D eigenvalue weighted by Crippen LogP contribution is 2.36. The molecule has 0 saturated heterocycles. The summed E-state index contributed by atoms with van der Waals surface area (Å²) in [5, 5.41) is 18.1. The normalized spacial score (nSPS) is 10.7. The molecule has 0 radical (unpaired) electrons. The third-order valence-corrected chi connectivity index (χ3v) is 5.01. The molecule has 0 aliphatic carbocycles. The van der Waals surface area contributed by atoms with E-state index >= 15 is 0 Å². The van der Waals surface area contributed by atoms with Gasteiger partial charge in [0.15, 0.2) is 5.13 Å². The number of hydrogen-bond acceptors (Lipinski definition) is 10. The number of aromatic nitrogens is 4. The van der Waals surface area contributed by atoms with Crippen LogP contribution in [0.15, 0.2) is 42.9 Å². The summed E-state index contributed by atoms with van der Waals surface area (Å²) in [5.74, 6) is 1.26. The average Bonchev–Trinajstić information content (AvgIpc) is 3.11. The molecule has 4 rings (SSSR count). The minimum atomic E-state index is -0.542. The molecule has 0 saturated carbocycles. The standard InChI is InChI=1S/C18H15N7O3S/c1-10-4-3-7-19-15(10)23-16-14(25(26)27)17(21-9-20-16)24-18-22-12-6-5-11(28-2)8-13(12)29-18/h3-9H,1-2H3,(H2,19,20,21,22,23,24). The van der Waals surface area contributed by atoms with Gasteiger partial charge in [0, 0.05) is 6.20 Å². The Morgan fingerprint density at radius 1 is 1.10 bits per heavy atom. The lowest BCUT2D eigenvalue weighted by Gasteiger charge is -2.09. The lowest BCUT2D eigenvalue weighted by molar-refractivity contribution is -0.383. The first-order valence-electron chi connectivity index (χ1n) is 8.45. The van der Waals surface area contributed by atoms with Gasteiger partial charge in [0.05, 0.1) is 22.2 Å².